The van der Waals surface area contributed by atoms with Crippen molar-refractivity contribution in [2.24, 2.45) is 5.84 Å². The summed E-state index contributed by atoms with van der Waals surface area (Å²) in [5.74, 6) is 5.61. The van der Waals surface area contributed by atoms with Crippen molar-refractivity contribution in [1.82, 2.24) is 5.43 Å². The Kier molecular flexibility index (Phi) is 5.74. The highest BCUT2D eigenvalue weighted by molar-refractivity contribution is 7.14. The van der Waals surface area contributed by atoms with Gasteiger partial charge >= 0.3 is 0 Å². The lowest BCUT2D eigenvalue weighted by Gasteiger charge is -2.06. The zero-order chi connectivity index (χ0) is 15.1. The zero-order valence-electron chi connectivity index (χ0n) is 11.8. The van der Waals surface area contributed by atoms with Crippen LogP contribution in [-0.4, -0.2) is 19.6 Å². The van der Waals surface area contributed by atoms with E-state index in [4.69, 9.17) is 15.3 Å². The molecule has 0 fully saturated rings. The fourth-order valence-electron chi connectivity index (χ4n) is 1.78. The summed E-state index contributed by atoms with van der Waals surface area (Å²) in [6, 6.07) is 11.5. The maximum Gasteiger partial charge on any atom is 0.275 e. The Morgan fingerprint density at radius 1 is 1.24 bits per heavy atom. The molecule has 2 rings (SSSR count). The van der Waals surface area contributed by atoms with Gasteiger partial charge < -0.3 is 9.47 Å². The summed E-state index contributed by atoms with van der Waals surface area (Å²) in [7, 11) is 1.69. The molecule has 5 nitrogen and oxygen atoms in total. The average Bonchev–Trinajstić information content (AvgIpc) is 3.00. The van der Waals surface area contributed by atoms with E-state index in [-0.39, 0.29) is 5.91 Å². The molecule has 1 aromatic carbocycles. The maximum atomic E-state index is 11.3. The van der Waals surface area contributed by atoms with Crippen molar-refractivity contribution in [2.45, 2.75) is 13.0 Å². The lowest BCUT2D eigenvalue weighted by Crippen LogP contribution is -2.29. The Morgan fingerprint density at radius 2 is 2.00 bits per heavy atom. The van der Waals surface area contributed by atoms with Crippen LogP contribution in [0.15, 0.2) is 36.4 Å². The van der Waals surface area contributed by atoms with Crippen LogP contribution in [0.4, 0.5) is 0 Å². The number of carbonyl (C=O) groups is 1. The molecule has 0 bridgehead atoms. The number of benzene rings is 1. The number of carbonyl (C=O) groups excluding carboxylic acids is 1. The number of rotatable bonds is 7. The molecule has 0 aliphatic rings. The monoisotopic (exact) mass is 306 g/mol. The SMILES string of the molecule is COCCc1ccc(OCc2ccc(C(=O)NN)s2)cc1. The van der Waals surface area contributed by atoms with Gasteiger partial charge in [0.1, 0.15) is 12.4 Å². The third-order valence-corrected chi connectivity index (χ3v) is 3.97. The van der Waals surface area contributed by atoms with E-state index in [9.17, 15) is 4.79 Å². The van der Waals surface area contributed by atoms with Crippen molar-refractivity contribution in [3.8, 4) is 5.75 Å². The van der Waals surface area contributed by atoms with Crippen molar-refractivity contribution in [2.75, 3.05) is 13.7 Å². The Labute approximate surface area is 127 Å². The Morgan fingerprint density at radius 3 is 2.67 bits per heavy atom. The fraction of sp³-hybridized carbons (Fsp3) is 0.267. The fourth-order valence-corrected chi connectivity index (χ4v) is 2.60. The number of nitrogens with two attached hydrogens (primary N) is 1. The van der Waals surface area contributed by atoms with Gasteiger partial charge in [-0.1, -0.05) is 12.1 Å². The molecule has 1 aromatic heterocycles. The second-order valence-corrected chi connectivity index (χ2v) is 5.58. The molecule has 112 valence electrons. The van der Waals surface area contributed by atoms with Gasteiger partial charge in [-0.25, -0.2) is 5.84 Å². The first-order chi connectivity index (χ1) is 10.2. The highest BCUT2D eigenvalue weighted by atomic mass is 32.1. The standard InChI is InChI=1S/C15H18N2O3S/c1-19-9-8-11-2-4-12(5-3-11)20-10-13-6-7-14(21-13)15(18)17-16/h2-7H,8-10,16H2,1H3,(H,17,18). The van der Waals surface area contributed by atoms with Crippen LogP contribution in [0.25, 0.3) is 0 Å². The molecule has 0 aliphatic heterocycles. The number of hydrazine groups is 1. The summed E-state index contributed by atoms with van der Waals surface area (Å²) in [5, 5.41) is 0. The Bertz CT molecular complexity index is 581. The van der Waals surface area contributed by atoms with Crippen LogP contribution in [0, 0.1) is 0 Å². The summed E-state index contributed by atoms with van der Waals surface area (Å²) in [6.07, 6.45) is 0.888. The number of hydrogen-bond acceptors (Lipinski definition) is 5. The molecule has 0 atom stereocenters. The van der Waals surface area contributed by atoms with E-state index in [2.05, 4.69) is 5.43 Å². The highest BCUT2D eigenvalue weighted by Gasteiger charge is 2.07. The topological polar surface area (TPSA) is 73.6 Å². The quantitative estimate of drug-likeness (QED) is 0.467. The first kappa shape index (κ1) is 15.5. The normalized spacial score (nSPS) is 10.4. The molecule has 1 heterocycles. The van der Waals surface area contributed by atoms with Gasteiger partial charge in [0.25, 0.3) is 5.91 Å². The molecule has 2 aromatic rings. The molecule has 0 saturated heterocycles. The number of hydrogen-bond donors (Lipinski definition) is 2. The van der Waals surface area contributed by atoms with E-state index in [1.807, 2.05) is 30.3 Å². The highest BCUT2D eigenvalue weighted by Crippen LogP contribution is 2.19. The number of thiophene rings is 1. The predicted molar refractivity (Wildman–Crippen MR) is 82.3 cm³/mol. The number of methoxy groups -OCH3 is 1. The third kappa shape index (κ3) is 4.56. The van der Waals surface area contributed by atoms with Crippen LogP contribution in [0.3, 0.4) is 0 Å². The second kappa shape index (κ2) is 7.78. The van der Waals surface area contributed by atoms with Crippen LogP contribution in [-0.2, 0) is 17.8 Å². The maximum absolute atomic E-state index is 11.3. The largest absolute Gasteiger partial charge is 0.488 e. The lowest BCUT2D eigenvalue weighted by atomic mass is 10.1. The van der Waals surface area contributed by atoms with E-state index >= 15 is 0 Å². The van der Waals surface area contributed by atoms with E-state index in [1.54, 1.807) is 13.2 Å². The van der Waals surface area contributed by atoms with Crippen LogP contribution in [0.5, 0.6) is 5.75 Å². The van der Waals surface area contributed by atoms with Crippen molar-refractivity contribution in [1.29, 1.82) is 0 Å². The van der Waals surface area contributed by atoms with Crippen molar-refractivity contribution in [3.05, 3.63) is 51.7 Å². The zero-order valence-corrected chi connectivity index (χ0v) is 12.6. The molecule has 1 amide bonds. The minimum Gasteiger partial charge on any atom is -0.488 e. The molecular weight excluding hydrogens is 288 g/mol. The van der Waals surface area contributed by atoms with Crippen molar-refractivity contribution < 1.29 is 14.3 Å². The minimum absolute atomic E-state index is 0.284. The van der Waals surface area contributed by atoms with Crippen LogP contribution < -0.4 is 16.0 Å². The van der Waals surface area contributed by atoms with Gasteiger partial charge in [0, 0.05) is 12.0 Å². The summed E-state index contributed by atoms with van der Waals surface area (Å²) in [4.78, 5) is 12.9. The molecule has 3 N–H and O–H groups in total. The van der Waals surface area contributed by atoms with Crippen LogP contribution in [0.1, 0.15) is 20.1 Å². The number of nitrogens with one attached hydrogen (secondary N) is 1. The Hall–Kier alpha value is -1.89. The Balaban J connectivity index is 1.87. The second-order valence-electron chi connectivity index (χ2n) is 4.41. The van der Waals surface area contributed by atoms with Gasteiger partial charge in [-0.05, 0) is 36.2 Å². The van der Waals surface area contributed by atoms with E-state index in [1.165, 1.54) is 16.9 Å². The summed E-state index contributed by atoms with van der Waals surface area (Å²) >= 11 is 1.37. The van der Waals surface area contributed by atoms with Gasteiger partial charge in [0.2, 0.25) is 0 Å². The van der Waals surface area contributed by atoms with Gasteiger partial charge in [-0.2, -0.15) is 0 Å². The third-order valence-electron chi connectivity index (χ3n) is 2.92. The first-order valence-electron chi connectivity index (χ1n) is 6.53. The minimum atomic E-state index is -0.284. The molecule has 21 heavy (non-hydrogen) atoms. The molecule has 0 spiro atoms. The van der Waals surface area contributed by atoms with Crippen molar-refractivity contribution >= 4 is 17.2 Å². The number of amides is 1. The van der Waals surface area contributed by atoms with E-state index < -0.39 is 0 Å². The molecule has 0 unspecified atom stereocenters. The van der Waals surface area contributed by atoms with Crippen molar-refractivity contribution in [3.63, 3.8) is 0 Å². The smallest absolute Gasteiger partial charge is 0.275 e. The summed E-state index contributed by atoms with van der Waals surface area (Å²) in [5.41, 5.74) is 3.32. The number of nitrogen functional groups attached to an aromatic ring is 1. The van der Waals surface area contributed by atoms with Gasteiger partial charge in [0.15, 0.2) is 0 Å². The molecule has 0 aliphatic carbocycles. The molecule has 6 heteroatoms. The van der Waals surface area contributed by atoms with E-state index in [0.29, 0.717) is 18.1 Å². The molecule has 0 saturated carbocycles. The molecule has 0 radical (unpaired) electrons. The summed E-state index contributed by atoms with van der Waals surface area (Å²) < 4.78 is 10.7. The van der Waals surface area contributed by atoms with E-state index in [0.717, 1.165) is 17.0 Å². The van der Waals surface area contributed by atoms with Gasteiger partial charge in [0.05, 0.1) is 11.5 Å². The number of ether oxygens (including phenoxy) is 2. The average molecular weight is 306 g/mol. The van der Waals surface area contributed by atoms with Crippen LogP contribution >= 0.6 is 11.3 Å². The first-order valence-corrected chi connectivity index (χ1v) is 7.35. The summed E-state index contributed by atoms with van der Waals surface area (Å²) in [6.45, 7) is 1.14. The van der Waals surface area contributed by atoms with Gasteiger partial charge in [-0.3, -0.25) is 10.2 Å². The molecular formula is C15H18N2O3S. The van der Waals surface area contributed by atoms with Gasteiger partial charge in [-0.15, -0.1) is 11.3 Å². The van der Waals surface area contributed by atoms with Crippen LogP contribution in [0.2, 0.25) is 0 Å². The predicted octanol–water partition coefficient (Wildman–Crippen LogP) is 2.12. The lowest BCUT2D eigenvalue weighted by molar-refractivity contribution is 0.0957.